The van der Waals surface area contributed by atoms with E-state index in [1.165, 1.54) is 0 Å². The molecule has 0 aromatic carbocycles. The molecule has 4 aliphatic rings. The maximum Gasteiger partial charge on any atom is 0.253 e. The van der Waals surface area contributed by atoms with Crippen LogP contribution in [0.3, 0.4) is 0 Å². The van der Waals surface area contributed by atoms with Gasteiger partial charge in [-0.05, 0) is 12.3 Å². The third-order valence-electron chi connectivity index (χ3n) is 4.68. The fourth-order valence-electron chi connectivity index (χ4n) is 3.93. The van der Waals surface area contributed by atoms with Gasteiger partial charge in [-0.3, -0.25) is 4.79 Å². The highest BCUT2D eigenvalue weighted by molar-refractivity contribution is 6.60. The van der Waals surface area contributed by atoms with Crippen molar-refractivity contribution in [3.8, 4) is 0 Å². The molecule has 1 spiro atoms. The first-order chi connectivity index (χ1) is 7.56. The molecular weight excluding hydrogens is 251 g/mol. The summed E-state index contributed by atoms with van der Waals surface area (Å²) < 4.78 is 9.88. The highest BCUT2D eigenvalue weighted by Crippen LogP contribution is 2.70. The maximum atomic E-state index is 11.7. The van der Waals surface area contributed by atoms with Crippen molar-refractivity contribution >= 4 is 29.0 Å². The Morgan fingerprint density at radius 1 is 1.31 bits per heavy atom. The average Bonchev–Trinajstić information content (AvgIpc) is 2.79. The van der Waals surface area contributed by atoms with Gasteiger partial charge >= 0.3 is 0 Å². The Bertz CT molecular complexity index is 409. The van der Waals surface area contributed by atoms with Crippen LogP contribution < -0.4 is 0 Å². The third kappa shape index (κ3) is 0.809. The molecule has 1 aliphatic heterocycles. The summed E-state index contributed by atoms with van der Waals surface area (Å²) in [5.41, 5.74) is 0. The van der Waals surface area contributed by atoms with Crippen LogP contribution in [0, 0.1) is 23.7 Å². The van der Waals surface area contributed by atoms with Gasteiger partial charge in [0.2, 0.25) is 0 Å². The standard InChI is InChI=1S/C11H10Cl2O3/c12-11(13)8-5(9(11)14)3-7-6(8)4-10(7)15-1-2-16-10/h1-2,5-8H,3-4H2/t5-,6-,7-,8-/m1/s1. The van der Waals surface area contributed by atoms with Crippen molar-refractivity contribution in [2.75, 3.05) is 0 Å². The van der Waals surface area contributed by atoms with Crippen LogP contribution in [0.1, 0.15) is 12.8 Å². The Morgan fingerprint density at radius 2 is 2.00 bits per heavy atom. The number of carbonyl (C=O) groups is 1. The van der Waals surface area contributed by atoms with Gasteiger partial charge in [-0.25, -0.2) is 0 Å². The molecule has 1 heterocycles. The number of halogens is 2. The van der Waals surface area contributed by atoms with Crippen LogP contribution in [0.5, 0.6) is 0 Å². The molecule has 0 radical (unpaired) electrons. The van der Waals surface area contributed by atoms with Gasteiger partial charge in [0.1, 0.15) is 12.5 Å². The Kier molecular flexibility index (Phi) is 1.52. The highest BCUT2D eigenvalue weighted by atomic mass is 35.5. The summed E-state index contributed by atoms with van der Waals surface area (Å²) in [5.74, 6) is 0.241. The van der Waals surface area contributed by atoms with Crippen LogP contribution in [0.4, 0.5) is 0 Å². The maximum absolute atomic E-state index is 11.7. The predicted octanol–water partition coefficient (Wildman–Crippen LogP) is 2.23. The zero-order valence-corrected chi connectivity index (χ0v) is 9.87. The number of fused-ring (bicyclic) bond motifs is 4. The summed E-state index contributed by atoms with van der Waals surface area (Å²) in [6.07, 6.45) is 4.75. The number of carbonyl (C=O) groups excluding carboxylic acids is 1. The molecule has 3 aliphatic carbocycles. The fraction of sp³-hybridized carbons (Fsp3) is 0.727. The molecule has 4 atom stereocenters. The van der Waals surface area contributed by atoms with Gasteiger partial charge < -0.3 is 9.47 Å². The van der Waals surface area contributed by atoms with E-state index in [4.69, 9.17) is 32.7 Å². The molecule has 0 bridgehead atoms. The molecule has 4 rings (SSSR count). The van der Waals surface area contributed by atoms with Crippen LogP contribution in [0.2, 0.25) is 0 Å². The lowest BCUT2D eigenvalue weighted by Crippen LogP contribution is -2.60. The van der Waals surface area contributed by atoms with Gasteiger partial charge in [-0.1, -0.05) is 23.2 Å². The zero-order chi connectivity index (χ0) is 11.1. The first kappa shape index (κ1) is 9.60. The largest absolute Gasteiger partial charge is 0.456 e. The summed E-state index contributed by atoms with van der Waals surface area (Å²) >= 11 is 12.1. The molecule has 0 amide bonds. The number of hydrogen-bond acceptors (Lipinski definition) is 3. The van der Waals surface area contributed by atoms with E-state index in [1.807, 2.05) is 0 Å². The number of rotatable bonds is 0. The van der Waals surface area contributed by atoms with Gasteiger partial charge in [0.15, 0.2) is 10.1 Å². The number of alkyl halides is 2. The monoisotopic (exact) mass is 260 g/mol. The number of hydrogen-bond donors (Lipinski definition) is 0. The fourth-order valence-corrected chi connectivity index (χ4v) is 4.84. The molecule has 5 heteroatoms. The van der Waals surface area contributed by atoms with Gasteiger partial charge in [0.25, 0.3) is 5.79 Å². The molecule has 0 aromatic rings. The van der Waals surface area contributed by atoms with E-state index in [-0.39, 0.29) is 23.5 Å². The first-order valence-corrected chi connectivity index (χ1v) is 6.25. The van der Waals surface area contributed by atoms with E-state index in [9.17, 15) is 4.79 Å². The molecule has 0 aromatic heterocycles. The van der Waals surface area contributed by atoms with Gasteiger partial charge in [0.05, 0.1) is 0 Å². The molecule has 3 fully saturated rings. The third-order valence-corrected chi connectivity index (χ3v) is 5.56. The molecule has 0 N–H and O–H groups in total. The van der Waals surface area contributed by atoms with E-state index in [0.29, 0.717) is 5.92 Å². The van der Waals surface area contributed by atoms with Crippen LogP contribution in [0.25, 0.3) is 0 Å². The second-order valence-electron chi connectivity index (χ2n) is 5.15. The van der Waals surface area contributed by atoms with Crippen LogP contribution in [-0.4, -0.2) is 15.9 Å². The minimum atomic E-state index is -1.16. The SMILES string of the molecule is O=C1[C@@H]2C[C@@H]3[C@@H](CC34OC=CO4)[C@@H]2C1(Cl)Cl. The van der Waals surface area contributed by atoms with Crippen molar-refractivity contribution in [3.05, 3.63) is 12.5 Å². The number of Topliss-reactive ketones (excluding diaryl/α,β-unsaturated/α-hetero) is 1. The van der Waals surface area contributed by atoms with Crippen molar-refractivity contribution in [1.82, 2.24) is 0 Å². The van der Waals surface area contributed by atoms with E-state index >= 15 is 0 Å². The molecule has 0 saturated heterocycles. The van der Waals surface area contributed by atoms with Crippen LogP contribution in [0.15, 0.2) is 12.5 Å². The highest BCUT2D eigenvalue weighted by Gasteiger charge is 2.76. The topological polar surface area (TPSA) is 35.5 Å². The first-order valence-electron chi connectivity index (χ1n) is 5.49. The summed E-state index contributed by atoms with van der Waals surface area (Å²) in [6.45, 7) is 0. The van der Waals surface area contributed by atoms with E-state index < -0.39 is 10.1 Å². The molecule has 3 saturated carbocycles. The lowest BCUT2D eigenvalue weighted by Gasteiger charge is -2.51. The van der Waals surface area contributed by atoms with Crippen molar-refractivity contribution < 1.29 is 14.3 Å². The zero-order valence-electron chi connectivity index (χ0n) is 8.36. The summed E-state index contributed by atoms with van der Waals surface area (Å²) in [6, 6.07) is 0. The lowest BCUT2D eigenvalue weighted by atomic mass is 9.63. The van der Waals surface area contributed by atoms with Crippen LogP contribution >= 0.6 is 23.2 Å². The summed E-state index contributed by atoms with van der Waals surface area (Å²) in [7, 11) is 0. The van der Waals surface area contributed by atoms with Gasteiger partial charge in [0, 0.05) is 24.2 Å². The lowest BCUT2D eigenvalue weighted by molar-refractivity contribution is -0.262. The van der Waals surface area contributed by atoms with E-state index in [0.717, 1.165) is 12.8 Å². The van der Waals surface area contributed by atoms with Crippen molar-refractivity contribution in [2.24, 2.45) is 23.7 Å². The van der Waals surface area contributed by atoms with Crippen molar-refractivity contribution in [1.29, 1.82) is 0 Å². The quantitative estimate of drug-likeness (QED) is 0.627. The predicted molar refractivity (Wildman–Crippen MR) is 56.7 cm³/mol. The molecule has 3 nitrogen and oxygen atoms in total. The second kappa shape index (κ2) is 2.54. The molecule has 0 unspecified atom stereocenters. The molecule has 86 valence electrons. The molecular formula is C11H10Cl2O3. The van der Waals surface area contributed by atoms with Gasteiger partial charge in [-0.15, -0.1) is 0 Å². The molecule has 16 heavy (non-hydrogen) atoms. The van der Waals surface area contributed by atoms with E-state index in [2.05, 4.69) is 0 Å². The van der Waals surface area contributed by atoms with Crippen LogP contribution in [-0.2, 0) is 14.3 Å². The number of ketones is 1. The average molecular weight is 261 g/mol. The van der Waals surface area contributed by atoms with Crippen molar-refractivity contribution in [3.63, 3.8) is 0 Å². The minimum absolute atomic E-state index is 0.0173. The normalized spacial score (nSPS) is 48.8. The Hall–Kier alpha value is -0.410. The van der Waals surface area contributed by atoms with E-state index in [1.54, 1.807) is 12.5 Å². The summed E-state index contributed by atoms with van der Waals surface area (Å²) in [4.78, 5) is 11.7. The number of ether oxygens (including phenoxy) is 2. The Morgan fingerprint density at radius 3 is 2.69 bits per heavy atom. The second-order valence-corrected chi connectivity index (χ2v) is 6.54. The smallest absolute Gasteiger partial charge is 0.253 e. The summed E-state index contributed by atoms with van der Waals surface area (Å²) in [5, 5.41) is 0. The van der Waals surface area contributed by atoms with Crippen molar-refractivity contribution in [2.45, 2.75) is 23.0 Å². The minimum Gasteiger partial charge on any atom is -0.456 e. The Labute approximate surface area is 103 Å². The Balaban J connectivity index is 1.63. The van der Waals surface area contributed by atoms with Gasteiger partial charge in [-0.2, -0.15) is 0 Å².